The van der Waals surface area contributed by atoms with Crippen molar-refractivity contribution in [1.82, 2.24) is 0 Å². The normalized spacial score (nSPS) is 25.1. The van der Waals surface area contributed by atoms with Gasteiger partial charge >= 0.3 is 0 Å². The van der Waals surface area contributed by atoms with Gasteiger partial charge in [-0.3, -0.25) is 9.00 Å². The van der Waals surface area contributed by atoms with Gasteiger partial charge in [-0.2, -0.15) is 0 Å². The standard InChI is InChI=1S/C12H14O2S/c1-7-4-8(2)12-10(5-7)11(13)9(3)6-15(12)14/h4-5,9H,6H2,1-3H3. The van der Waals surface area contributed by atoms with E-state index >= 15 is 0 Å². The molecule has 0 saturated carbocycles. The molecule has 0 aromatic heterocycles. The van der Waals surface area contributed by atoms with E-state index in [0.29, 0.717) is 11.3 Å². The van der Waals surface area contributed by atoms with Gasteiger partial charge in [0, 0.05) is 17.2 Å². The maximum Gasteiger partial charge on any atom is 0.167 e. The van der Waals surface area contributed by atoms with Gasteiger partial charge in [-0.05, 0) is 25.5 Å². The second kappa shape index (κ2) is 3.56. The van der Waals surface area contributed by atoms with Crippen molar-refractivity contribution in [1.29, 1.82) is 0 Å². The van der Waals surface area contributed by atoms with Crippen molar-refractivity contribution >= 4 is 16.6 Å². The second-order valence-corrected chi connectivity index (χ2v) is 5.67. The van der Waals surface area contributed by atoms with Gasteiger partial charge in [0.25, 0.3) is 0 Å². The molecule has 0 aliphatic carbocycles. The summed E-state index contributed by atoms with van der Waals surface area (Å²) in [5.41, 5.74) is 2.71. The quantitative estimate of drug-likeness (QED) is 0.674. The molecular formula is C12H14O2S. The van der Waals surface area contributed by atoms with Crippen LogP contribution in [0.4, 0.5) is 0 Å². The predicted molar refractivity (Wildman–Crippen MR) is 60.7 cm³/mol. The molecule has 1 aromatic rings. The van der Waals surface area contributed by atoms with Crippen LogP contribution in [0.1, 0.15) is 28.4 Å². The summed E-state index contributed by atoms with van der Waals surface area (Å²) in [7, 11) is -1.01. The molecule has 3 heteroatoms. The zero-order valence-electron chi connectivity index (χ0n) is 9.16. The monoisotopic (exact) mass is 222 g/mol. The molecule has 2 atom stereocenters. The highest BCUT2D eigenvalue weighted by molar-refractivity contribution is 7.85. The van der Waals surface area contributed by atoms with E-state index in [0.717, 1.165) is 16.0 Å². The van der Waals surface area contributed by atoms with E-state index in [1.807, 2.05) is 32.9 Å². The molecule has 0 amide bonds. The Balaban J connectivity index is 2.71. The first-order valence-electron chi connectivity index (χ1n) is 5.04. The first-order valence-corrected chi connectivity index (χ1v) is 6.36. The minimum Gasteiger partial charge on any atom is -0.294 e. The topological polar surface area (TPSA) is 34.1 Å². The highest BCUT2D eigenvalue weighted by atomic mass is 32.2. The van der Waals surface area contributed by atoms with Crippen LogP contribution in [0.2, 0.25) is 0 Å². The van der Waals surface area contributed by atoms with Crippen LogP contribution in [0.5, 0.6) is 0 Å². The minimum atomic E-state index is -1.01. The number of benzene rings is 1. The SMILES string of the molecule is Cc1cc(C)c2c(c1)C(=O)C(C)CS2=O. The summed E-state index contributed by atoms with van der Waals surface area (Å²) in [4.78, 5) is 12.7. The van der Waals surface area contributed by atoms with E-state index in [2.05, 4.69) is 0 Å². The van der Waals surface area contributed by atoms with Crippen molar-refractivity contribution in [2.45, 2.75) is 25.7 Å². The summed E-state index contributed by atoms with van der Waals surface area (Å²) in [6.07, 6.45) is 0. The fourth-order valence-corrected chi connectivity index (χ4v) is 3.69. The lowest BCUT2D eigenvalue weighted by atomic mass is 9.97. The number of hydrogen-bond acceptors (Lipinski definition) is 2. The lowest BCUT2D eigenvalue weighted by Gasteiger charge is -2.21. The van der Waals surface area contributed by atoms with E-state index in [9.17, 15) is 9.00 Å². The third-order valence-corrected chi connectivity index (χ3v) is 4.56. The number of Topliss-reactive ketones (excluding diaryl/α,β-unsaturated/α-hetero) is 1. The number of hydrogen-bond donors (Lipinski definition) is 0. The van der Waals surface area contributed by atoms with E-state index in [4.69, 9.17) is 0 Å². The maximum atomic E-state index is 11.9. The molecule has 2 unspecified atom stereocenters. The summed E-state index contributed by atoms with van der Waals surface area (Å²) in [5.74, 6) is 0.492. The summed E-state index contributed by atoms with van der Waals surface area (Å²) < 4.78 is 11.9. The van der Waals surface area contributed by atoms with Gasteiger partial charge in [0.05, 0.1) is 15.7 Å². The fourth-order valence-electron chi connectivity index (χ4n) is 2.09. The van der Waals surface area contributed by atoms with Crippen LogP contribution in [0.15, 0.2) is 17.0 Å². The van der Waals surface area contributed by atoms with Crippen LogP contribution >= 0.6 is 0 Å². The first kappa shape index (κ1) is 10.6. The molecule has 2 rings (SSSR count). The van der Waals surface area contributed by atoms with Gasteiger partial charge in [0.15, 0.2) is 5.78 Å². The molecule has 80 valence electrons. The molecule has 1 aliphatic heterocycles. The Kier molecular flexibility index (Phi) is 2.51. The Hall–Kier alpha value is -0.960. The molecule has 0 spiro atoms. The third kappa shape index (κ3) is 1.65. The van der Waals surface area contributed by atoms with Gasteiger partial charge in [0.1, 0.15) is 0 Å². The molecular weight excluding hydrogens is 208 g/mol. The van der Waals surface area contributed by atoms with Crippen LogP contribution in [-0.2, 0) is 10.8 Å². The Morgan fingerprint density at radius 1 is 1.33 bits per heavy atom. The molecule has 1 aliphatic rings. The van der Waals surface area contributed by atoms with E-state index in [1.165, 1.54) is 0 Å². The highest BCUT2D eigenvalue weighted by Crippen LogP contribution is 2.29. The zero-order valence-corrected chi connectivity index (χ0v) is 9.98. The zero-order chi connectivity index (χ0) is 11.2. The average molecular weight is 222 g/mol. The minimum absolute atomic E-state index is 0.112. The summed E-state index contributed by atoms with van der Waals surface area (Å²) in [6.45, 7) is 5.73. The van der Waals surface area contributed by atoms with Gasteiger partial charge in [0.2, 0.25) is 0 Å². The average Bonchev–Trinajstić information content (AvgIpc) is 2.12. The van der Waals surface area contributed by atoms with Gasteiger partial charge in [-0.15, -0.1) is 0 Å². The van der Waals surface area contributed by atoms with E-state index in [1.54, 1.807) is 0 Å². The first-order chi connectivity index (χ1) is 7.00. The van der Waals surface area contributed by atoms with Gasteiger partial charge in [-0.25, -0.2) is 0 Å². The van der Waals surface area contributed by atoms with Crippen LogP contribution < -0.4 is 0 Å². The molecule has 0 bridgehead atoms. The van der Waals surface area contributed by atoms with Crippen molar-refractivity contribution in [2.75, 3.05) is 5.75 Å². The van der Waals surface area contributed by atoms with Crippen LogP contribution in [0.25, 0.3) is 0 Å². The molecule has 1 heterocycles. The maximum absolute atomic E-state index is 11.9. The number of rotatable bonds is 0. The summed E-state index contributed by atoms with van der Waals surface area (Å²) in [6, 6.07) is 3.85. The van der Waals surface area contributed by atoms with Crippen LogP contribution in [0, 0.1) is 19.8 Å². The van der Waals surface area contributed by atoms with E-state index < -0.39 is 10.8 Å². The Bertz CT molecular complexity index is 463. The van der Waals surface area contributed by atoms with Gasteiger partial charge < -0.3 is 0 Å². The number of fused-ring (bicyclic) bond motifs is 1. The van der Waals surface area contributed by atoms with Crippen molar-refractivity contribution in [3.05, 3.63) is 28.8 Å². The molecule has 0 fully saturated rings. The Labute approximate surface area is 92.2 Å². The van der Waals surface area contributed by atoms with E-state index in [-0.39, 0.29) is 11.7 Å². The Morgan fingerprint density at radius 2 is 2.00 bits per heavy atom. The summed E-state index contributed by atoms with van der Waals surface area (Å²) >= 11 is 0. The molecule has 1 aromatic carbocycles. The largest absolute Gasteiger partial charge is 0.294 e. The fraction of sp³-hybridized carbons (Fsp3) is 0.417. The van der Waals surface area contributed by atoms with Crippen molar-refractivity contribution in [3.63, 3.8) is 0 Å². The van der Waals surface area contributed by atoms with Gasteiger partial charge in [-0.1, -0.05) is 18.6 Å². The van der Waals surface area contributed by atoms with Crippen molar-refractivity contribution in [2.24, 2.45) is 5.92 Å². The molecule has 15 heavy (non-hydrogen) atoms. The molecule has 0 radical (unpaired) electrons. The third-order valence-electron chi connectivity index (χ3n) is 2.76. The van der Waals surface area contributed by atoms with Crippen molar-refractivity contribution < 1.29 is 9.00 Å². The lowest BCUT2D eigenvalue weighted by Crippen LogP contribution is -2.26. The Morgan fingerprint density at radius 3 is 2.67 bits per heavy atom. The summed E-state index contributed by atoms with van der Waals surface area (Å²) in [5, 5.41) is 0. The molecule has 0 saturated heterocycles. The number of ketones is 1. The van der Waals surface area contributed by atoms with Crippen molar-refractivity contribution in [3.8, 4) is 0 Å². The molecule has 2 nitrogen and oxygen atoms in total. The molecule has 0 N–H and O–H groups in total. The number of carbonyl (C=O) groups excluding carboxylic acids is 1. The second-order valence-electron chi connectivity index (χ2n) is 4.24. The predicted octanol–water partition coefficient (Wildman–Crippen LogP) is 2.24. The number of aryl methyl sites for hydroxylation is 2. The van der Waals surface area contributed by atoms with Crippen LogP contribution in [-0.4, -0.2) is 15.7 Å². The number of carbonyl (C=O) groups is 1. The highest BCUT2D eigenvalue weighted by Gasteiger charge is 2.30. The smallest absolute Gasteiger partial charge is 0.167 e. The van der Waals surface area contributed by atoms with Crippen LogP contribution in [0.3, 0.4) is 0 Å². The lowest BCUT2D eigenvalue weighted by molar-refractivity contribution is 0.0934.